The second kappa shape index (κ2) is 16.0. The number of rotatable bonds is 13. The van der Waals surface area contributed by atoms with Crippen molar-refractivity contribution >= 4 is 23.5 Å². The molecule has 0 aliphatic carbocycles. The highest BCUT2D eigenvalue weighted by molar-refractivity contribution is 5.87. The summed E-state index contributed by atoms with van der Waals surface area (Å²) < 4.78 is 31.7. The number of carbonyl (C=O) groups is 1. The van der Waals surface area contributed by atoms with Gasteiger partial charge in [0.2, 0.25) is 5.95 Å². The first kappa shape index (κ1) is 32.6. The summed E-state index contributed by atoms with van der Waals surface area (Å²) in [4.78, 5) is 28.7. The number of benzene rings is 3. The molecule has 0 bridgehead atoms. The van der Waals surface area contributed by atoms with Crippen LogP contribution in [0.2, 0.25) is 0 Å². The van der Waals surface area contributed by atoms with Gasteiger partial charge in [-0.05, 0) is 61.9 Å². The lowest BCUT2D eigenvalue weighted by atomic mass is 10.1. The van der Waals surface area contributed by atoms with Crippen molar-refractivity contribution in [1.82, 2.24) is 19.8 Å². The molecule has 1 N–H and O–H groups in total. The lowest BCUT2D eigenvalue weighted by Crippen LogP contribution is -2.44. The monoisotopic (exact) mass is 628 g/mol. The number of hydrogen-bond acceptors (Lipinski definition) is 9. The van der Waals surface area contributed by atoms with Crippen LogP contribution in [0.25, 0.3) is 0 Å². The maximum atomic E-state index is 15.0. The van der Waals surface area contributed by atoms with E-state index in [9.17, 15) is 9.18 Å². The Labute approximate surface area is 269 Å². The fraction of sp³-hybridized carbons (Fsp3) is 0.343. The van der Waals surface area contributed by atoms with Gasteiger partial charge in [0.15, 0.2) is 11.6 Å². The van der Waals surface area contributed by atoms with E-state index in [4.69, 9.17) is 14.2 Å². The van der Waals surface area contributed by atoms with Crippen LogP contribution < -0.4 is 19.7 Å². The van der Waals surface area contributed by atoms with Gasteiger partial charge in [-0.3, -0.25) is 4.90 Å². The SMILES string of the molecule is COc1cccc(COC(=O)N(c2ccnc(Nc3ccc(OCCCN4CCN(C)CC4)c(F)c3)n2)[C@@H](C)c2ccccc2)c1. The third-order valence-corrected chi connectivity index (χ3v) is 7.91. The zero-order chi connectivity index (χ0) is 32.3. The van der Waals surface area contributed by atoms with Crippen molar-refractivity contribution < 1.29 is 23.4 Å². The van der Waals surface area contributed by atoms with E-state index in [1.165, 1.54) is 11.0 Å². The summed E-state index contributed by atoms with van der Waals surface area (Å²) in [7, 11) is 3.72. The molecule has 1 atom stereocenters. The summed E-state index contributed by atoms with van der Waals surface area (Å²) in [6.07, 6.45) is 1.78. The maximum absolute atomic E-state index is 15.0. The van der Waals surface area contributed by atoms with E-state index < -0.39 is 18.0 Å². The van der Waals surface area contributed by atoms with Crippen molar-refractivity contribution in [3.8, 4) is 11.5 Å². The molecule has 5 rings (SSSR count). The summed E-state index contributed by atoms with van der Waals surface area (Å²) in [6, 6.07) is 22.8. The molecular formula is C35H41FN6O4. The fourth-order valence-corrected chi connectivity index (χ4v) is 5.22. The van der Waals surface area contributed by atoms with Gasteiger partial charge >= 0.3 is 6.09 Å². The number of ether oxygens (including phenoxy) is 3. The quantitative estimate of drug-likeness (QED) is 0.172. The molecule has 1 saturated heterocycles. The van der Waals surface area contributed by atoms with Gasteiger partial charge in [-0.25, -0.2) is 14.2 Å². The molecule has 242 valence electrons. The van der Waals surface area contributed by atoms with Crippen molar-refractivity contribution in [2.75, 3.05) is 63.7 Å². The molecule has 1 aliphatic heterocycles. The third kappa shape index (κ3) is 8.92. The Balaban J connectivity index is 1.25. The number of amides is 1. The Morgan fingerprint density at radius 2 is 1.83 bits per heavy atom. The van der Waals surface area contributed by atoms with Crippen LogP contribution >= 0.6 is 0 Å². The van der Waals surface area contributed by atoms with Crippen LogP contribution in [0.4, 0.5) is 26.6 Å². The molecule has 0 saturated carbocycles. The fourth-order valence-electron chi connectivity index (χ4n) is 5.22. The van der Waals surface area contributed by atoms with Gasteiger partial charge in [0.25, 0.3) is 0 Å². The molecule has 1 aliphatic rings. The second-order valence-electron chi connectivity index (χ2n) is 11.2. The van der Waals surface area contributed by atoms with E-state index in [0.717, 1.165) is 50.3 Å². The lowest BCUT2D eigenvalue weighted by Gasteiger charge is -2.32. The predicted molar refractivity (Wildman–Crippen MR) is 176 cm³/mol. The number of methoxy groups -OCH3 is 1. The standard InChI is InChI=1S/C35H41FN6O4/c1-26(28-10-5-4-6-11-28)42(35(43)46-25-27-9-7-12-30(23-27)44-3)33-15-16-37-34(39-33)38-29-13-14-32(31(36)24-29)45-22-8-17-41-20-18-40(2)19-21-41/h4-7,9-16,23-24,26H,8,17-22,25H2,1-3H3,(H,37,38,39)/t26-/m0/s1. The van der Waals surface area contributed by atoms with Crippen molar-refractivity contribution in [1.29, 1.82) is 0 Å². The molecule has 0 radical (unpaired) electrons. The Hall–Kier alpha value is -4.74. The predicted octanol–water partition coefficient (Wildman–Crippen LogP) is 6.29. The third-order valence-electron chi connectivity index (χ3n) is 7.91. The molecule has 3 aromatic carbocycles. The topological polar surface area (TPSA) is 92.3 Å². The van der Waals surface area contributed by atoms with Gasteiger partial charge in [-0.15, -0.1) is 0 Å². The first-order chi connectivity index (χ1) is 22.4. The Morgan fingerprint density at radius 1 is 1.02 bits per heavy atom. The highest BCUT2D eigenvalue weighted by Crippen LogP contribution is 2.29. The van der Waals surface area contributed by atoms with E-state index in [0.29, 0.717) is 23.9 Å². The molecule has 4 aromatic rings. The molecule has 0 spiro atoms. The van der Waals surface area contributed by atoms with Crippen LogP contribution in [0.1, 0.15) is 30.5 Å². The van der Waals surface area contributed by atoms with Gasteiger partial charge < -0.3 is 29.3 Å². The number of piperazine rings is 1. The van der Waals surface area contributed by atoms with Crippen LogP contribution in [0, 0.1) is 5.82 Å². The summed E-state index contributed by atoms with van der Waals surface area (Å²) in [6.45, 7) is 7.53. The highest BCUT2D eigenvalue weighted by Gasteiger charge is 2.27. The van der Waals surface area contributed by atoms with Gasteiger partial charge in [0, 0.05) is 50.7 Å². The minimum atomic E-state index is -0.580. The molecular weight excluding hydrogens is 587 g/mol. The molecule has 0 unspecified atom stereocenters. The first-order valence-electron chi connectivity index (χ1n) is 15.5. The van der Waals surface area contributed by atoms with Crippen molar-refractivity contribution in [3.05, 3.63) is 102 Å². The van der Waals surface area contributed by atoms with Crippen LogP contribution in [-0.2, 0) is 11.3 Å². The molecule has 10 nitrogen and oxygen atoms in total. The molecule has 2 heterocycles. The van der Waals surface area contributed by atoms with E-state index in [-0.39, 0.29) is 18.3 Å². The van der Waals surface area contributed by atoms with Crippen molar-refractivity contribution in [3.63, 3.8) is 0 Å². The van der Waals surface area contributed by atoms with Gasteiger partial charge in [0.1, 0.15) is 18.2 Å². The molecule has 46 heavy (non-hydrogen) atoms. The Morgan fingerprint density at radius 3 is 2.59 bits per heavy atom. The Bertz CT molecular complexity index is 1570. The van der Waals surface area contributed by atoms with Gasteiger partial charge in [0.05, 0.1) is 19.8 Å². The highest BCUT2D eigenvalue weighted by atomic mass is 19.1. The number of halogens is 1. The van der Waals surface area contributed by atoms with Gasteiger partial charge in [-0.2, -0.15) is 4.98 Å². The number of nitrogens with one attached hydrogen (secondary N) is 1. The minimum Gasteiger partial charge on any atom is -0.497 e. The van der Waals surface area contributed by atoms with Crippen LogP contribution in [0.15, 0.2) is 85.1 Å². The van der Waals surface area contributed by atoms with E-state index >= 15 is 0 Å². The van der Waals surface area contributed by atoms with Crippen molar-refractivity contribution in [2.24, 2.45) is 0 Å². The van der Waals surface area contributed by atoms with Crippen LogP contribution in [0.3, 0.4) is 0 Å². The minimum absolute atomic E-state index is 0.0494. The number of hydrogen-bond donors (Lipinski definition) is 1. The van der Waals surface area contributed by atoms with E-state index in [2.05, 4.69) is 32.1 Å². The largest absolute Gasteiger partial charge is 0.497 e. The molecule has 1 amide bonds. The van der Waals surface area contributed by atoms with E-state index in [1.54, 1.807) is 31.5 Å². The number of anilines is 3. The molecule has 1 fully saturated rings. The second-order valence-corrected chi connectivity index (χ2v) is 11.2. The first-order valence-corrected chi connectivity index (χ1v) is 15.5. The maximum Gasteiger partial charge on any atom is 0.416 e. The smallest absolute Gasteiger partial charge is 0.416 e. The Kier molecular flexibility index (Phi) is 11.4. The summed E-state index contributed by atoms with van der Waals surface area (Å²) in [5.41, 5.74) is 2.13. The average Bonchev–Trinajstić information content (AvgIpc) is 3.08. The number of likely N-dealkylation sites (N-methyl/N-ethyl adjacent to an activating group) is 1. The zero-order valence-electron chi connectivity index (χ0n) is 26.6. The van der Waals surface area contributed by atoms with Crippen LogP contribution in [-0.4, -0.2) is 79.3 Å². The summed E-state index contributed by atoms with van der Waals surface area (Å²) in [5.74, 6) is 0.905. The number of carbonyl (C=O) groups excluding carboxylic acids is 1. The summed E-state index contributed by atoms with van der Waals surface area (Å²) >= 11 is 0. The average molecular weight is 629 g/mol. The number of nitrogens with zero attached hydrogens (tertiary/aromatic N) is 5. The molecule has 1 aromatic heterocycles. The zero-order valence-corrected chi connectivity index (χ0v) is 26.6. The normalized spacial score (nSPS) is 14.3. The molecule has 11 heteroatoms. The number of aromatic nitrogens is 2. The van der Waals surface area contributed by atoms with Crippen molar-refractivity contribution in [2.45, 2.75) is 26.0 Å². The van der Waals surface area contributed by atoms with Crippen LogP contribution in [0.5, 0.6) is 11.5 Å². The summed E-state index contributed by atoms with van der Waals surface area (Å²) in [5, 5.41) is 3.05. The van der Waals surface area contributed by atoms with Gasteiger partial charge in [-0.1, -0.05) is 42.5 Å². The lowest BCUT2D eigenvalue weighted by molar-refractivity contribution is 0.144. The van der Waals surface area contributed by atoms with E-state index in [1.807, 2.05) is 61.5 Å².